The van der Waals surface area contributed by atoms with Gasteiger partial charge in [-0.1, -0.05) is 29.3 Å². The van der Waals surface area contributed by atoms with Crippen LogP contribution in [-0.4, -0.2) is 35.9 Å². The molecule has 0 aliphatic carbocycles. The third-order valence-electron chi connectivity index (χ3n) is 3.95. The molecule has 1 unspecified atom stereocenters. The first-order chi connectivity index (χ1) is 12.8. The maximum Gasteiger partial charge on any atom is 0.265 e. The minimum absolute atomic E-state index is 0.0750. The van der Waals surface area contributed by atoms with E-state index < -0.39 is 6.10 Å². The monoisotopic (exact) mass is 408 g/mol. The summed E-state index contributed by atoms with van der Waals surface area (Å²) in [6, 6.07) is 11.6. The maximum absolute atomic E-state index is 12.4. The summed E-state index contributed by atoms with van der Waals surface area (Å²) in [5.41, 5.74) is 1.05. The molecule has 0 bridgehead atoms. The summed E-state index contributed by atoms with van der Waals surface area (Å²) in [6.07, 6.45) is -0.776. The molecule has 2 amide bonds. The number of hydrogen-bond acceptors (Lipinski definition) is 3. The molecular formula is C20H22Cl2N2O3. The second-order valence-electron chi connectivity index (χ2n) is 5.91. The average Bonchev–Trinajstić information content (AvgIpc) is 2.62. The first kappa shape index (κ1) is 21.1. The molecule has 0 saturated carbocycles. The van der Waals surface area contributed by atoms with Gasteiger partial charge in [-0.2, -0.15) is 0 Å². The van der Waals surface area contributed by atoms with Crippen LogP contribution in [0.3, 0.4) is 0 Å². The molecule has 1 atom stereocenters. The summed E-state index contributed by atoms with van der Waals surface area (Å²) in [5.74, 6) is -0.0203. The highest BCUT2D eigenvalue weighted by molar-refractivity contribution is 6.34. The number of hydrogen-bond donors (Lipinski definition) is 1. The molecule has 2 aromatic carbocycles. The molecule has 0 spiro atoms. The van der Waals surface area contributed by atoms with E-state index in [2.05, 4.69) is 5.32 Å². The molecule has 1 N–H and O–H groups in total. The molecule has 0 aliphatic heterocycles. The third-order valence-corrected chi connectivity index (χ3v) is 4.38. The molecule has 0 heterocycles. The standard InChI is InChI=1S/C20H22Cl2N2O3/c1-4-24(5-2)20(26)14-7-6-8-17(9-14)23-19(25)13(3)27-18-11-15(21)10-16(22)12-18/h6-13H,4-5H2,1-3H3,(H,23,25). The van der Waals surface area contributed by atoms with Gasteiger partial charge in [0, 0.05) is 34.4 Å². The SMILES string of the molecule is CCN(CC)C(=O)c1cccc(NC(=O)C(C)Oc2cc(Cl)cc(Cl)c2)c1. The Balaban J connectivity index is 2.06. The summed E-state index contributed by atoms with van der Waals surface area (Å²) in [7, 11) is 0. The lowest BCUT2D eigenvalue weighted by Crippen LogP contribution is -2.31. The number of ether oxygens (including phenoxy) is 1. The van der Waals surface area contributed by atoms with Gasteiger partial charge in [-0.15, -0.1) is 0 Å². The van der Waals surface area contributed by atoms with Gasteiger partial charge in [0.2, 0.25) is 0 Å². The highest BCUT2D eigenvalue weighted by atomic mass is 35.5. The van der Waals surface area contributed by atoms with Crippen LogP contribution in [0, 0.1) is 0 Å². The van der Waals surface area contributed by atoms with Crippen LogP contribution in [0.2, 0.25) is 10.0 Å². The van der Waals surface area contributed by atoms with Crippen LogP contribution in [-0.2, 0) is 4.79 Å². The second-order valence-corrected chi connectivity index (χ2v) is 6.79. The van der Waals surface area contributed by atoms with E-state index in [9.17, 15) is 9.59 Å². The Labute approximate surface area is 169 Å². The summed E-state index contributed by atoms with van der Waals surface area (Å²) in [5, 5.41) is 3.61. The van der Waals surface area contributed by atoms with Crippen molar-refractivity contribution in [1.82, 2.24) is 4.90 Å². The molecule has 5 nitrogen and oxygen atoms in total. The molecule has 0 radical (unpaired) electrons. The van der Waals surface area contributed by atoms with Crippen molar-refractivity contribution in [1.29, 1.82) is 0 Å². The first-order valence-electron chi connectivity index (χ1n) is 8.67. The highest BCUT2D eigenvalue weighted by Crippen LogP contribution is 2.25. The fourth-order valence-electron chi connectivity index (χ4n) is 2.52. The van der Waals surface area contributed by atoms with Crippen LogP contribution < -0.4 is 10.1 Å². The number of benzene rings is 2. The number of halogens is 2. The largest absolute Gasteiger partial charge is 0.481 e. The first-order valence-corrected chi connectivity index (χ1v) is 9.42. The van der Waals surface area contributed by atoms with Crippen LogP contribution in [0.4, 0.5) is 5.69 Å². The van der Waals surface area contributed by atoms with Crippen molar-refractivity contribution in [3.63, 3.8) is 0 Å². The van der Waals surface area contributed by atoms with Gasteiger partial charge in [0.15, 0.2) is 6.10 Å². The molecule has 0 saturated heterocycles. The van der Waals surface area contributed by atoms with Crippen LogP contribution in [0.25, 0.3) is 0 Å². The number of amides is 2. The summed E-state index contributed by atoms with van der Waals surface area (Å²) in [4.78, 5) is 26.6. The normalized spacial score (nSPS) is 11.6. The number of carbonyl (C=O) groups excluding carboxylic acids is 2. The number of carbonyl (C=O) groups is 2. The van der Waals surface area contributed by atoms with Crippen molar-refractivity contribution < 1.29 is 14.3 Å². The quantitative estimate of drug-likeness (QED) is 0.709. The zero-order valence-electron chi connectivity index (χ0n) is 15.5. The Morgan fingerprint density at radius 2 is 1.70 bits per heavy atom. The summed E-state index contributed by atoms with van der Waals surface area (Å²) >= 11 is 11.9. The minimum atomic E-state index is -0.776. The van der Waals surface area contributed by atoms with E-state index in [1.807, 2.05) is 13.8 Å². The molecular weight excluding hydrogens is 387 g/mol. The van der Waals surface area contributed by atoms with Crippen molar-refractivity contribution in [3.8, 4) is 5.75 Å². The Morgan fingerprint density at radius 1 is 1.07 bits per heavy atom. The average molecular weight is 409 g/mol. The van der Waals surface area contributed by atoms with E-state index in [1.54, 1.807) is 54.3 Å². The fraction of sp³-hybridized carbons (Fsp3) is 0.300. The number of rotatable bonds is 7. The lowest BCUT2D eigenvalue weighted by atomic mass is 10.1. The van der Waals surface area contributed by atoms with Crippen LogP contribution in [0.5, 0.6) is 5.75 Å². The second kappa shape index (κ2) is 9.62. The van der Waals surface area contributed by atoms with Crippen molar-refractivity contribution in [3.05, 3.63) is 58.1 Å². The topological polar surface area (TPSA) is 58.6 Å². The lowest BCUT2D eigenvalue weighted by Gasteiger charge is -2.19. The Bertz CT molecular complexity index is 802. The van der Waals surface area contributed by atoms with Crippen LogP contribution in [0.15, 0.2) is 42.5 Å². The fourth-order valence-corrected chi connectivity index (χ4v) is 3.03. The van der Waals surface area contributed by atoms with E-state index in [-0.39, 0.29) is 11.8 Å². The summed E-state index contributed by atoms with van der Waals surface area (Å²) < 4.78 is 5.60. The smallest absolute Gasteiger partial charge is 0.265 e. The zero-order valence-corrected chi connectivity index (χ0v) is 17.0. The lowest BCUT2D eigenvalue weighted by molar-refractivity contribution is -0.122. The predicted octanol–water partition coefficient (Wildman–Crippen LogP) is 4.88. The van der Waals surface area contributed by atoms with E-state index in [0.29, 0.717) is 40.1 Å². The number of nitrogens with one attached hydrogen (secondary N) is 1. The summed E-state index contributed by atoms with van der Waals surface area (Å²) in [6.45, 7) is 6.72. The molecule has 0 aromatic heterocycles. The maximum atomic E-state index is 12.4. The Morgan fingerprint density at radius 3 is 2.30 bits per heavy atom. The molecule has 0 aliphatic rings. The van der Waals surface area contributed by atoms with Gasteiger partial charge in [0.25, 0.3) is 11.8 Å². The van der Waals surface area contributed by atoms with Gasteiger partial charge >= 0.3 is 0 Å². The third kappa shape index (κ3) is 5.88. The molecule has 2 aromatic rings. The van der Waals surface area contributed by atoms with E-state index >= 15 is 0 Å². The van der Waals surface area contributed by atoms with Crippen LogP contribution >= 0.6 is 23.2 Å². The minimum Gasteiger partial charge on any atom is -0.481 e. The van der Waals surface area contributed by atoms with Gasteiger partial charge < -0.3 is 15.0 Å². The zero-order chi connectivity index (χ0) is 20.0. The molecule has 2 rings (SSSR count). The number of anilines is 1. The Hall–Kier alpha value is -2.24. The van der Waals surface area contributed by atoms with E-state index in [0.717, 1.165) is 0 Å². The molecule has 0 fully saturated rings. The molecule has 7 heteroatoms. The van der Waals surface area contributed by atoms with E-state index in [1.165, 1.54) is 0 Å². The van der Waals surface area contributed by atoms with Gasteiger partial charge in [0.05, 0.1) is 0 Å². The molecule has 27 heavy (non-hydrogen) atoms. The van der Waals surface area contributed by atoms with Crippen molar-refractivity contribution in [2.24, 2.45) is 0 Å². The van der Waals surface area contributed by atoms with Crippen molar-refractivity contribution in [2.75, 3.05) is 18.4 Å². The predicted molar refractivity (Wildman–Crippen MR) is 109 cm³/mol. The van der Waals surface area contributed by atoms with E-state index in [4.69, 9.17) is 27.9 Å². The van der Waals surface area contributed by atoms with Gasteiger partial charge in [0.1, 0.15) is 5.75 Å². The Kier molecular flexibility index (Phi) is 7.51. The van der Waals surface area contributed by atoms with Crippen molar-refractivity contribution in [2.45, 2.75) is 26.9 Å². The van der Waals surface area contributed by atoms with Crippen molar-refractivity contribution >= 4 is 40.7 Å². The van der Waals surface area contributed by atoms with Gasteiger partial charge in [-0.3, -0.25) is 9.59 Å². The van der Waals surface area contributed by atoms with Crippen LogP contribution in [0.1, 0.15) is 31.1 Å². The highest BCUT2D eigenvalue weighted by Gasteiger charge is 2.17. The molecule has 144 valence electrons. The van der Waals surface area contributed by atoms with Gasteiger partial charge in [-0.25, -0.2) is 0 Å². The van der Waals surface area contributed by atoms with Gasteiger partial charge in [-0.05, 0) is 57.2 Å². The number of nitrogens with zero attached hydrogens (tertiary/aromatic N) is 1.